The predicted molar refractivity (Wildman–Crippen MR) is 281 cm³/mol. The van der Waals surface area contributed by atoms with E-state index in [0.717, 1.165) is 0 Å². The van der Waals surface area contributed by atoms with Crippen LogP contribution in [0, 0.1) is 0 Å². The molecule has 2 nitrogen and oxygen atoms in total. The summed E-state index contributed by atoms with van der Waals surface area (Å²) in [5, 5.41) is 12.8. The molecule has 306 valence electrons. The van der Waals surface area contributed by atoms with Crippen molar-refractivity contribution in [1.82, 2.24) is 9.13 Å². The summed E-state index contributed by atoms with van der Waals surface area (Å²) in [6, 6.07) is 89.4. The number of benzene rings is 12. The van der Waals surface area contributed by atoms with Gasteiger partial charge in [0.1, 0.15) is 0 Å². The zero-order chi connectivity index (χ0) is 43.3. The highest BCUT2D eigenvalue weighted by atomic mass is 15.0. The second kappa shape index (κ2) is 14.4. The smallest absolute Gasteiger partial charge is 0.0547 e. The Bertz CT molecular complexity index is 3900. The fourth-order valence-electron chi connectivity index (χ4n) is 11.0. The summed E-state index contributed by atoms with van der Waals surface area (Å²) >= 11 is 0. The van der Waals surface area contributed by atoms with Crippen LogP contribution in [-0.4, -0.2) is 9.13 Å². The molecule has 0 aliphatic carbocycles. The minimum atomic E-state index is 1.17. The van der Waals surface area contributed by atoms with E-state index < -0.39 is 0 Å². The maximum atomic E-state index is 2.40. The van der Waals surface area contributed by atoms with Crippen LogP contribution < -0.4 is 0 Å². The Hall–Kier alpha value is -8.72. The lowest BCUT2D eigenvalue weighted by atomic mass is 9.85. The molecule has 14 rings (SSSR count). The fraction of sp³-hybridized carbons (Fsp3) is 0. The Morgan fingerprint density at radius 3 is 1.00 bits per heavy atom. The van der Waals surface area contributed by atoms with Crippen molar-refractivity contribution >= 4 is 75.9 Å². The molecule has 0 spiro atoms. The van der Waals surface area contributed by atoms with Crippen LogP contribution in [-0.2, 0) is 0 Å². The van der Waals surface area contributed by atoms with Crippen molar-refractivity contribution in [3.63, 3.8) is 0 Å². The Morgan fingerprint density at radius 1 is 0.212 bits per heavy atom. The van der Waals surface area contributed by atoms with Gasteiger partial charge in [0, 0.05) is 32.9 Å². The van der Waals surface area contributed by atoms with Crippen LogP contribution in [0.25, 0.3) is 132 Å². The molecule has 0 saturated carbocycles. The standard InChI is InChI=1S/C64H40N2/c1-3-15-49(16-4-1)65-59-23-9-7-19-51(59)53-35-33-45(39-61(53)65)41-25-29-43(30-26-41)57-37-47-13-12-22-56-58(38-48-14-11-21-55(57)63(48)64(47)56)44-31-27-42(28-32-44)46-34-36-54-52-20-8-10-24-60(52)66(62(54)40-46)50-17-5-2-6-18-50/h1-40H. The topological polar surface area (TPSA) is 9.86 Å². The molecule has 0 N–H and O–H groups in total. The van der Waals surface area contributed by atoms with Gasteiger partial charge < -0.3 is 9.13 Å². The maximum absolute atomic E-state index is 2.40. The Labute approximate surface area is 381 Å². The zero-order valence-corrected chi connectivity index (χ0v) is 36.0. The first-order valence-corrected chi connectivity index (χ1v) is 22.8. The summed E-state index contributed by atoms with van der Waals surface area (Å²) in [5.74, 6) is 0. The molecule has 0 atom stereocenters. The van der Waals surface area contributed by atoms with Gasteiger partial charge in [0.05, 0.1) is 22.1 Å². The molecular weight excluding hydrogens is 797 g/mol. The number of aromatic nitrogens is 2. The lowest BCUT2D eigenvalue weighted by Crippen LogP contribution is -1.93. The van der Waals surface area contributed by atoms with Crippen LogP contribution >= 0.6 is 0 Å². The summed E-state index contributed by atoms with van der Waals surface area (Å²) in [5.41, 5.74) is 17.0. The van der Waals surface area contributed by atoms with Crippen molar-refractivity contribution in [2.75, 3.05) is 0 Å². The summed E-state index contributed by atoms with van der Waals surface area (Å²) < 4.78 is 4.78. The molecule has 12 aromatic carbocycles. The fourth-order valence-corrected chi connectivity index (χ4v) is 11.0. The lowest BCUT2D eigenvalue weighted by molar-refractivity contribution is 1.18. The molecule has 0 unspecified atom stereocenters. The van der Waals surface area contributed by atoms with Crippen LogP contribution in [0.5, 0.6) is 0 Å². The molecule has 2 heteroatoms. The van der Waals surface area contributed by atoms with Crippen LogP contribution in [0.3, 0.4) is 0 Å². The van der Waals surface area contributed by atoms with E-state index in [9.17, 15) is 0 Å². The molecule has 0 saturated heterocycles. The van der Waals surface area contributed by atoms with Gasteiger partial charge in [0.15, 0.2) is 0 Å². The third-order valence-corrected chi connectivity index (χ3v) is 14.1. The normalized spacial score (nSPS) is 11.9. The average molecular weight is 837 g/mol. The molecular formula is C64H40N2. The number of nitrogens with zero attached hydrogens (tertiary/aromatic N) is 2. The van der Waals surface area contributed by atoms with Crippen molar-refractivity contribution < 1.29 is 0 Å². The van der Waals surface area contributed by atoms with Gasteiger partial charge in [-0.1, -0.05) is 182 Å². The monoisotopic (exact) mass is 836 g/mol. The van der Waals surface area contributed by atoms with Gasteiger partial charge in [0.2, 0.25) is 0 Å². The van der Waals surface area contributed by atoms with E-state index in [0.29, 0.717) is 0 Å². The van der Waals surface area contributed by atoms with Gasteiger partial charge in [-0.05, 0) is 137 Å². The summed E-state index contributed by atoms with van der Waals surface area (Å²) in [6.07, 6.45) is 0. The first-order chi connectivity index (χ1) is 32.7. The molecule has 2 aromatic heterocycles. The van der Waals surface area contributed by atoms with Gasteiger partial charge in [-0.2, -0.15) is 0 Å². The minimum Gasteiger partial charge on any atom is -0.309 e. The SMILES string of the molecule is c1ccc(-n2c3ccccc3c3ccc(-c4ccc(-c5cc6cccc7c(-c8ccc(-c9ccc%10c%11ccccc%11n(-c%11ccccc%11)c%10c9)cc8)cc8cccc5c8c67)cc4)cc32)cc1. The van der Waals surface area contributed by atoms with Crippen molar-refractivity contribution in [3.05, 3.63) is 243 Å². The number of para-hydroxylation sites is 4. The van der Waals surface area contributed by atoms with Crippen molar-refractivity contribution in [3.8, 4) is 55.9 Å². The number of fused-ring (bicyclic) bond motifs is 6. The minimum absolute atomic E-state index is 1.17. The summed E-state index contributed by atoms with van der Waals surface area (Å²) in [7, 11) is 0. The van der Waals surface area contributed by atoms with Gasteiger partial charge in [-0.25, -0.2) is 0 Å². The van der Waals surface area contributed by atoms with E-state index in [-0.39, 0.29) is 0 Å². The van der Waals surface area contributed by atoms with E-state index >= 15 is 0 Å². The molecule has 14 aromatic rings. The van der Waals surface area contributed by atoms with Crippen molar-refractivity contribution in [2.45, 2.75) is 0 Å². The molecule has 0 aliphatic heterocycles. The van der Waals surface area contributed by atoms with E-state index in [2.05, 4.69) is 252 Å². The molecule has 0 amide bonds. The number of hydrogen-bond acceptors (Lipinski definition) is 0. The Balaban J connectivity index is 0.834. The molecule has 0 aliphatic rings. The molecule has 0 radical (unpaired) electrons. The first kappa shape index (κ1) is 36.7. The largest absolute Gasteiger partial charge is 0.309 e. The number of rotatable bonds is 6. The quantitative estimate of drug-likeness (QED) is 0.148. The van der Waals surface area contributed by atoms with Gasteiger partial charge in [-0.15, -0.1) is 0 Å². The predicted octanol–water partition coefficient (Wildman–Crippen LogP) is 17.4. The van der Waals surface area contributed by atoms with Gasteiger partial charge in [0.25, 0.3) is 0 Å². The van der Waals surface area contributed by atoms with Crippen LogP contribution in [0.15, 0.2) is 243 Å². The second-order valence-electron chi connectivity index (χ2n) is 17.7. The molecule has 0 fully saturated rings. The van der Waals surface area contributed by atoms with Crippen molar-refractivity contribution in [1.29, 1.82) is 0 Å². The molecule has 66 heavy (non-hydrogen) atoms. The van der Waals surface area contributed by atoms with E-state index in [1.165, 1.54) is 132 Å². The van der Waals surface area contributed by atoms with Gasteiger partial charge in [-0.3, -0.25) is 0 Å². The third-order valence-electron chi connectivity index (χ3n) is 14.1. The first-order valence-electron chi connectivity index (χ1n) is 22.8. The third kappa shape index (κ3) is 5.55. The molecule has 2 heterocycles. The summed E-state index contributed by atoms with van der Waals surface area (Å²) in [6.45, 7) is 0. The summed E-state index contributed by atoms with van der Waals surface area (Å²) in [4.78, 5) is 0. The highest BCUT2D eigenvalue weighted by molar-refractivity contribution is 6.29. The van der Waals surface area contributed by atoms with Gasteiger partial charge >= 0.3 is 0 Å². The van der Waals surface area contributed by atoms with E-state index in [1.54, 1.807) is 0 Å². The Morgan fingerprint density at radius 2 is 0.561 bits per heavy atom. The van der Waals surface area contributed by atoms with Crippen LogP contribution in [0.4, 0.5) is 0 Å². The number of hydrogen-bond donors (Lipinski definition) is 0. The Kier molecular flexibility index (Phi) is 8.02. The zero-order valence-electron chi connectivity index (χ0n) is 36.0. The maximum Gasteiger partial charge on any atom is 0.0547 e. The van der Waals surface area contributed by atoms with Crippen molar-refractivity contribution in [2.24, 2.45) is 0 Å². The average Bonchev–Trinajstić information content (AvgIpc) is 3.90. The highest BCUT2D eigenvalue weighted by Gasteiger charge is 2.19. The van der Waals surface area contributed by atoms with E-state index in [4.69, 9.17) is 0 Å². The van der Waals surface area contributed by atoms with Crippen LogP contribution in [0.2, 0.25) is 0 Å². The second-order valence-corrected chi connectivity index (χ2v) is 17.7. The molecule has 0 bridgehead atoms. The lowest BCUT2D eigenvalue weighted by Gasteiger charge is -2.18. The highest BCUT2D eigenvalue weighted by Crippen LogP contribution is 2.45. The van der Waals surface area contributed by atoms with E-state index in [1.807, 2.05) is 0 Å². The van der Waals surface area contributed by atoms with Crippen LogP contribution in [0.1, 0.15) is 0 Å².